The molecule has 0 saturated heterocycles. The van der Waals surface area contributed by atoms with Crippen molar-refractivity contribution < 1.29 is 9.05 Å². The van der Waals surface area contributed by atoms with Gasteiger partial charge in [0.1, 0.15) is 0 Å². The molecule has 1 heterocycles. The molecular weight excluding hydrogens is 193 g/mol. The molecule has 0 aromatic carbocycles. The van der Waals surface area contributed by atoms with Gasteiger partial charge in [-0.3, -0.25) is 0 Å². The van der Waals surface area contributed by atoms with Crippen molar-refractivity contribution in [1.82, 2.24) is 0 Å². The van der Waals surface area contributed by atoms with Gasteiger partial charge >= 0.3 is 60.4 Å². The number of halogens is 3. The van der Waals surface area contributed by atoms with Gasteiger partial charge in [0.25, 0.3) is 0 Å². The molecule has 0 atom stereocenters. The van der Waals surface area contributed by atoms with Crippen molar-refractivity contribution >= 4 is 38.8 Å². The van der Waals surface area contributed by atoms with E-state index >= 15 is 0 Å². The molecule has 0 saturated carbocycles. The minimum atomic E-state index is -3.68. The third kappa shape index (κ3) is 1.56. The predicted molar refractivity (Wildman–Crippen MR) is 35.8 cm³/mol. The monoisotopic (exact) mass is 194 g/mol. The van der Waals surface area contributed by atoms with Gasteiger partial charge in [-0.05, 0) is 0 Å². The normalized spacial score (nSPS) is 34.1. The van der Waals surface area contributed by atoms with Crippen molar-refractivity contribution in [3.05, 3.63) is 12.5 Å². The van der Waals surface area contributed by atoms with E-state index in [4.69, 9.17) is 33.7 Å². The van der Waals surface area contributed by atoms with Crippen molar-refractivity contribution in [2.45, 2.75) is 0 Å². The van der Waals surface area contributed by atoms with E-state index in [-0.39, 0.29) is 0 Å². The summed E-state index contributed by atoms with van der Waals surface area (Å²) >= 11 is 16.1. The van der Waals surface area contributed by atoms with Crippen LogP contribution in [0.15, 0.2) is 12.5 Å². The minimum absolute atomic E-state index is 1.21. The maximum absolute atomic E-state index is 5.38. The number of hydrogen-bond acceptors (Lipinski definition) is 2. The van der Waals surface area contributed by atoms with E-state index in [0.717, 1.165) is 0 Å². The Hall–Kier alpha value is 0.640. The van der Waals surface area contributed by atoms with E-state index in [1.54, 1.807) is 0 Å². The SMILES string of the molecule is ClP1(Cl)(Cl)OC=CO1. The van der Waals surface area contributed by atoms with Crippen LogP contribution in [0.3, 0.4) is 0 Å². The Morgan fingerprint density at radius 2 is 1.38 bits per heavy atom. The standard InChI is InChI=1S/C2H2Cl3O2P/c3-8(4,5)6-1-2-7-8/h1-2H. The van der Waals surface area contributed by atoms with Crippen molar-refractivity contribution in [3.8, 4) is 0 Å². The molecule has 48 valence electrons. The van der Waals surface area contributed by atoms with E-state index in [0.29, 0.717) is 0 Å². The van der Waals surface area contributed by atoms with Crippen molar-refractivity contribution in [3.63, 3.8) is 0 Å². The van der Waals surface area contributed by atoms with E-state index < -0.39 is 5.12 Å². The zero-order chi connectivity index (χ0) is 6.28. The van der Waals surface area contributed by atoms with Gasteiger partial charge in [0, 0.05) is 0 Å². The van der Waals surface area contributed by atoms with E-state index in [1.165, 1.54) is 12.5 Å². The van der Waals surface area contributed by atoms with E-state index in [1.807, 2.05) is 0 Å². The van der Waals surface area contributed by atoms with Crippen LogP contribution >= 0.6 is 38.8 Å². The predicted octanol–water partition coefficient (Wildman–Crippen LogP) is 3.35. The fourth-order valence-electron chi connectivity index (χ4n) is 0.262. The van der Waals surface area contributed by atoms with Crippen LogP contribution in [0.4, 0.5) is 0 Å². The van der Waals surface area contributed by atoms with Gasteiger partial charge in [-0.25, -0.2) is 0 Å². The first kappa shape index (κ1) is 6.76. The first-order valence-corrected chi connectivity index (χ1v) is 6.46. The Morgan fingerprint density at radius 3 is 1.50 bits per heavy atom. The first-order valence-electron chi connectivity index (χ1n) is 1.68. The molecule has 0 aromatic heterocycles. The van der Waals surface area contributed by atoms with Gasteiger partial charge in [0.05, 0.1) is 0 Å². The average molecular weight is 195 g/mol. The van der Waals surface area contributed by atoms with Crippen LogP contribution in [-0.4, -0.2) is 0 Å². The summed E-state index contributed by atoms with van der Waals surface area (Å²) in [6.45, 7) is 0. The second kappa shape index (κ2) is 1.57. The summed E-state index contributed by atoms with van der Waals surface area (Å²) in [6, 6.07) is 0. The van der Waals surface area contributed by atoms with Crippen LogP contribution in [0, 0.1) is 0 Å². The zero-order valence-electron chi connectivity index (χ0n) is 3.55. The summed E-state index contributed by atoms with van der Waals surface area (Å²) in [4.78, 5) is 0. The Labute approximate surface area is 60.8 Å². The van der Waals surface area contributed by atoms with Crippen molar-refractivity contribution in [1.29, 1.82) is 0 Å². The summed E-state index contributed by atoms with van der Waals surface area (Å²) in [5.74, 6) is 0. The van der Waals surface area contributed by atoms with Gasteiger partial charge < -0.3 is 0 Å². The molecule has 0 aromatic rings. The summed E-state index contributed by atoms with van der Waals surface area (Å²) in [5, 5.41) is -3.68. The zero-order valence-corrected chi connectivity index (χ0v) is 6.71. The molecule has 6 heteroatoms. The fraction of sp³-hybridized carbons (Fsp3) is 0. The second-order valence-corrected chi connectivity index (χ2v) is 10.0. The number of hydrogen-bond donors (Lipinski definition) is 0. The molecular formula is C2H2Cl3O2P. The Kier molecular flexibility index (Phi) is 1.33. The maximum atomic E-state index is 5.38. The van der Waals surface area contributed by atoms with Crippen LogP contribution in [-0.2, 0) is 9.05 Å². The molecule has 0 aliphatic carbocycles. The van der Waals surface area contributed by atoms with Gasteiger partial charge in [0.2, 0.25) is 0 Å². The Balaban J connectivity index is 2.74. The van der Waals surface area contributed by atoms with Crippen LogP contribution in [0.5, 0.6) is 0 Å². The Morgan fingerprint density at radius 1 is 1.00 bits per heavy atom. The first-order chi connectivity index (χ1) is 3.47. The third-order valence-electron chi connectivity index (χ3n) is 0.502. The molecule has 0 radical (unpaired) electrons. The summed E-state index contributed by atoms with van der Waals surface area (Å²) in [6.07, 6.45) is 2.43. The molecule has 0 amide bonds. The van der Waals surface area contributed by atoms with Crippen LogP contribution in [0.25, 0.3) is 0 Å². The van der Waals surface area contributed by atoms with E-state index in [9.17, 15) is 0 Å². The summed E-state index contributed by atoms with van der Waals surface area (Å²) in [7, 11) is 0. The molecule has 1 aliphatic heterocycles. The van der Waals surface area contributed by atoms with Gasteiger partial charge in [0.15, 0.2) is 0 Å². The average Bonchev–Trinajstić information content (AvgIpc) is 1.81. The topological polar surface area (TPSA) is 18.5 Å². The molecule has 1 rings (SSSR count). The molecule has 0 spiro atoms. The molecule has 2 nitrogen and oxygen atoms in total. The van der Waals surface area contributed by atoms with Crippen LogP contribution in [0.2, 0.25) is 0 Å². The molecule has 8 heavy (non-hydrogen) atoms. The molecule has 0 N–H and O–H groups in total. The third-order valence-corrected chi connectivity index (χ3v) is 2.83. The quantitative estimate of drug-likeness (QED) is 0.552. The fourth-order valence-corrected chi connectivity index (χ4v) is 1.61. The molecule has 0 bridgehead atoms. The second-order valence-electron chi connectivity index (χ2n) is 1.16. The van der Waals surface area contributed by atoms with E-state index in [2.05, 4.69) is 9.05 Å². The van der Waals surface area contributed by atoms with Crippen LogP contribution < -0.4 is 0 Å². The molecule has 0 unspecified atom stereocenters. The van der Waals surface area contributed by atoms with Crippen molar-refractivity contribution in [2.24, 2.45) is 0 Å². The molecule has 1 aliphatic rings. The molecule has 0 fully saturated rings. The van der Waals surface area contributed by atoms with Crippen molar-refractivity contribution in [2.75, 3.05) is 0 Å². The van der Waals surface area contributed by atoms with Crippen LogP contribution in [0.1, 0.15) is 0 Å². The van der Waals surface area contributed by atoms with Gasteiger partial charge in [-0.15, -0.1) is 0 Å². The summed E-state index contributed by atoms with van der Waals surface area (Å²) < 4.78 is 9.10. The van der Waals surface area contributed by atoms with Gasteiger partial charge in [-0.1, -0.05) is 0 Å². The number of rotatable bonds is 0. The summed E-state index contributed by atoms with van der Waals surface area (Å²) in [5.41, 5.74) is 0. The van der Waals surface area contributed by atoms with Gasteiger partial charge in [-0.2, -0.15) is 0 Å². The Bertz CT molecular complexity index is 124.